The molecule has 0 spiro atoms. The van der Waals surface area contributed by atoms with E-state index in [0.29, 0.717) is 27.4 Å². The number of rotatable bonds is 3. The number of hydrogen-bond acceptors (Lipinski definition) is 3. The van der Waals surface area contributed by atoms with Gasteiger partial charge in [0.05, 0.1) is 5.69 Å². The summed E-state index contributed by atoms with van der Waals surface area (Å²) in [6.07, 6.45) is 1.49. The number of anilines is 1. The molecule has 2 amide bonds. The van der Waals surface area contributed by atoms with E-state index < -0.39 is 11.8 Å². The first kappa shape index (κ1) is 19.9. The average molecular weight is 437 g/mol. The number of carbonyl (C=O) groups excluding carboxylic acids is 2. The number of nitrogens with one attached hydrogen (secondary N) is 1. The van der Waals surface area contributed by atoms with Crippen LogP contribution >= 0.6 is 23.8 Å². The van der Waals surface area contributed by atoms with Crippen molar-refractivity contribution < 1.29 is 14.0 Å². The minimum atomic E-state index is -0.593. The normalized spacial score (nSPS) is 15.5. The number of carbonyl (C=O) groups is 2. The summed E-state index contributed by atoms with van der Waals surface area (Å²) in [5, 5.41) is 3.05. The fourth-order valence-corrected chi connectivity index (χ4v) is 3.59. The van der Waals surface area contributed by atoms with Gasteiger partial charge in [0, 0.05) is 5.02 Å². The summed E-state index contributed by atoms with van der Waals surface area (Å²) < 4.78 is 13.7. The van der Waals surface area contributed by atoms with Gasteiger partial charge in [0.15, 0.2) is 5.11 Å². The Morgan fingerprint density at radius 1 is 0.967 bits per heavy atom. The Bertz CT molecular complexity index is 1210. The maximum Gasteiger partial charge on any atom is 0.270 e. The number of hydrogen-bond donors (Lipinski definition) is 1. The summed E-state index contributed by atoms with van der Waals surface area (Å²) in [5.74, 6) is -1.52. The summed E-state index contributed by atoms with van der Waals surface area (Å²) in [7, 11) is 0. The fraction of sp³-hybridized carbons (Fsp3) is 0. The van der Waals surface area contributed by atoms with Crippen molar-refractivity contribution in [1.82, 2.24) is 5.32 Å². The maximum atomic E-state index is 13.7. The molecule has 0 aliphatic carbocycles. The smallest absolute Gasteiger partial charge is 0.270 e. The molecule has 148 valence electrons. The van der Waals surface area contributed by atoms with Gasteiger partial charge in [-0.25, -0.2) is 4.39 Å². The Labute approximate surface area is 182 Å². The van der Waals surface area contributed by atoms with Crippen LogP contribution in [0.15, 0.2) is 78.4 Å². The summed E-state index contributed by atoms with van der Waals surface area (Å²) in [6, 6.07) is 19.8. The Hall–Kier alpha value is -3.35. The zero-order chi connectivity index (χ0) is 21.3. The van der Waals surface area contributed by atoms with E-state index in [1.54, 1.807) is 60.7 Å². The number of benzene rings is 3. The van der Waals surface area contributed by atoms with Crippen LogP contribution in [0.4, 0.5) is 10.1 Å². The van der Waals surface area contributed by atoms with Crippen molar-refractivity contribution in [3.05, 3.63) is 94.8 Å². The van der Waals surface area contributed by atoms with Gasteiger partial charge in [-0.2, -0.15) is 0 Å². The highest BCUT2D eigenvalue weighted by atomic mass is 35.5. The Morgan fingerprint density at radius 2 is 1.70 bits per heavy atom. The van der Waals surface area contributed by atoms with E-state index in [1.807, 2.05) is 0 Å². The summed E-state index contributed by atoms with van der Waals surface area (Å²) >= 11 is 11.1. The molecule has 1 aliphatic rings. The molecule has 1 aliphatic heterocycles. The predicted molar refractivity (Wildman–Crippen MR) is 119 cm³/mol. The van der Waals surface area contributed by atoms with E-state index in [0.717, 1.165) is 0 Å². The summed E-state index contributed by atoms with van der Waals surface area (Å²) in [6.45, 7) is 0. The van der Waals surface area contributed by atoms with E-state index in [1.165, 1.54) is 23.1 Å². The van der Waals surface area contributed by atoms with E-state index in [9.17, 15) is 14.0 Å². The van der Waals surface area contributed by atoms with E-state index >= 15 is 0 Å². The monoisotopic (exact) mass is 436 g/mol. The Kier molecular flexibility index (Phi) is 5.44. The molecule has 0 aromatic heterocycles. The lowest BCUT2D eigenvalue weighted by atomic mass is 9.97. The van der Waals surface area contributed by atoms with Crippen molar-refractivity contribution >= 4 is 52.5 Å². The molecule has 1 saturated heterocycles. The lowest BCUT2D eigenvalue weighted by molar-refractivity contribution is -0.122. The summed E-state index contributed by atoms with van der Waals surface area (Å²) in [4.78, 5) is 27.0. The molecule has 0 atom stereocenters. The molecule has 1 heterocycles. The molecule has 0 unspecified atom stereocenters. The predicted octanol–water partition coefficient (Wildman–Crippen LogP) is 4.98. The van der Waals surface area contributed by atoms with Crippen molar-refractivity contribution in [2.45, 2.75) is 0 Å². The van der Waals surface area contributed by atoms with Crippen molar-refractivity contribution in [1.29, 1.82) is 0 Å². The fourth-order valence-electron chi connectivity index (χ4n) is 3.18. The largest absolute Gasteiger partial charge is 0.298 e. The van der Waals surface area contributed by atoms with E-state index in [-0.39, 0.29) is 16.5 Å². The van der Waals surface area contributed by atoms with Crippen LogP contribution < -0.4 is 10.2 Å². The first-order valence-electron chi connectivity index (χ1n) is 8.96. The van der Waals surface area contributed by atoms with Crippen LogP contribution in [0.2, 0.25) is 5.02 Å². The minimum absolute atomic E-state index is 0.0112. The van der Waals surface area contributed by atoms with Gasteiger partial charge in [0.2, 0.25) is 0 Å². The number of nitrogens with zero attached hydrogens (tertiary/aromatic N) is 1. The van der Waals surface area contributed by atoms with Gasteiger partial charge >= 0.3 is 0 Å². The minimum Gasteiger partial charge on any atom is -0.298 e. The van der Waals surface area contributed by atoms with Crippen LogP contribution in [-0.2, 0) is 9.59 Å². The topological polar surface area (TPSA) is 49.4 Å². The van der Waals surface area contributed by atoms with Crippen LogP contribution in [0.5, 0.6) is 0 Å². The van der Waals surface area contributed by atoms with Crippen LogP contribution in [0.1, 0.15) is 5.56 Å². The zero-order valence-electron chi connectivity index (χ0n) is 15.4. The third kappa shape index (κ3) is 3.87. The van der Waals surface area contributed by atoms with E-state index in [4.69, 9.17) is 23.8 Å². The molecular formula is C23H14ClFN2O2S. The lowest BCUT2D eigenvalue weighted by Gasteiger charge is -2.29. The molecule has 3 aromatic rings. The molecule has 30 heavy (non-hydrogen) atoms. The van der Waals surface area contributed by atoms with Gasteiger partial charge in [-0.05, 0) is 71.4 Å². The molecule has 0 bridgehead atoms. The molecule has 0 saturated carbocycles. The van der Waals surface area contributed by atoms with Crippen molar-refractivity contribution in [2.75, 3.05) is 4.90 Å². The van der Waals surface area contributed by atoms with Gasteiger partial charge in [-0.15, -0.1) is 0 Å². The molecule has 3 aromatic carbocycles. The first-order valence-corrected chi connectivity index (χ1v) is 9.74. The SMILES string of the molecule is O=C1NC(=S)N(c2ccc(Cl)cc2)C(=O)C1=Cc1ccccc1-c1cccc(F)c1. The van der Waals surface area contributed by atoms with Gasteiger partial charge in [-0.1, -0.05) is 48.0 Å². The molecule has 0 radical (unpaired) electrons. The van der Waals surface area contributed by atoms with Crippen molar-refractivity contribution in [3.8, 4) is 11.1 Å². The van der Waals surface area contributed by atoms with Crippen molar-refractivity contribution in [3.63, 3.8) is 0 Å². The Morgan fingerprint density at radius 3 is 2.43 bits per heavy atom. The van der Waals surface area contributed by atoms with Crippen LogP contribution in [-0.4, -0.2) is 16.9 Å². The highest BCUT2D eigenvalue weighted by Crippen LogP contribution is 2.28. The molecule has 4 rings (SSSR count). The summed E-state index contributed by atoms with van der Waals surface area (Å²) in [5.41, 5.74) is 2.33. The van der Waals surface area contributed by atoms with E-state index in [2.05, 4.69) is 5.32 Å². The van der Waals surface area contributed by atoms with Gasteiger partial charge < -0.3 is 0 Å². The average Bonchev–Trinajstić information content (AvgIpc) is 2.72. The quantitative estimate of drug-likeness (QED) is 0.358. The number of amides is 2. The van der Waals surface area contributed by atoms with Crippen LogP contribution in [0.3, 0.4) is 0 Å². The molecular weight excluding hydrogens is 423 g/mol. The maximum absolute atomic E-state index is 13.7. The van der Waals surface area contributed by atoms with Gasteiger partial charge in [0.25, 0.3) is 11.8 Å². The van der Waals surface area contributed by atoms with Gasteiger partial charge in [0.1, 0.15) is 11.4 Å². The standard InChI is InChI=1S/C23H14ClFN2O2S/c24-16-8-10-18(11-9-16)27-22(29)20(21(28)26-23(27)30)13-15-4-1-2-7-19(15)14-5-3-6-17(25)12-14/h1-13H,(H,26,28,30). The Balaban J connectivity index is 1.78. The second-order valence-electron chi connectivity index (χ2n) is 6.53. The van der Waals surface area contributed by atoms with Crippen LogP contribution in [0, 0.1) is 5.82 Å². The second kappa shape index (κ2) is 8.18. The molecule has 1 fully saturated rings. The van der Waals surface area contributed by atoms with Gasteiger partial charge in [-0.3, -0.25) is 19.8 Å². The third-order valence-corrected chi connectivity index (χ3v) is 5.12. The number of thiocarbonyl (C=S) groups is 1. The molecule has 4 nitrogen and oxygen atoms in total. The molecule has 1 N–H and O–H groups in total. The second-order valence-corrected chi connectivity index (χ2v) is 7.36. The highest BCUT2D eigenvalue weighted by Gasteiger charge is 2.34. The first-order chi connectivity index (χ1) is 14.4. The van der Waals surface area contributed by atoms with Crippen molar-refractivity contribution in [2.24, 2.45) is 0 Å². The molecule has 7 heteroatoms. The highest BCUT2D eigenvalue weighted by molar-refractivity contribution is 7.80. The third-order valence-electron chi connectivity index (χ3n) is 4.58. The van der Waals surface area contributed by atoms with Crippen LogP contribution in [0.25, 0.3) is 17.2 Å². The number of halogens is 2. The lowest BCUT2D eigenvalue weighted by Crippen LogP contribution is -2.54. The zero-order valence-corrected chi connectivity index (χ0v) is 17.0.